The molecule has 4 N–H and O–H groups in total. The molecule has 0 saturated heterocycles. The van der Waals surface area contributed by atoms with E-state index in [4.69, 9.17) is 5.84 Å². The minimum atomic E-state index is -4.18. The van der Waals surface area contributed by atoms with Crippen LogP contribution in [0.1, 0.15) is 20.3 Å². The Kier molecular flexibility index (Phi) is 5.29. The molecule has 4 nitrogen and oxygen atoms in total. The van der Waals surface area contributed by atoms with Crippen molar-refractivity contribution in [3.8, 4) is 0 Å². The molecule has 0 aromatic heterocycles. The van der Waals surface area contributed by atoms with E-state index in [0.717, 1.165) is 0 Å². The summed E-state index contributed by atoms with van der Waals surface area (Å²) in [4.78, 5) is 3.81. The van der Waals surface area contributed by atoms with Crippen LogP contribution in [-0.2, 0) is 0 Å². The van der Waals surface area contributed by atoms with Gasteiger partial charge in [0.15, 0.2) is 0 Å². The van der Waals surface area contributed by atoms with E-state index in [1.807, 2.05) is 0 Å². The third-order valence-electron chi connectivity index (χ3n) is 1.37. The monoisotopic (exact) mass is 212 g/mol. The van der Waals surface area contributed by atoms with E-state index >= 15 is 0 Å². The highest BCUT2D eigenvalue weighted by atomic mass is 19.4. The van der Waals surface area contributed by atoms with Crippen LogP contribution in [0.5, 0.6) is 0 Å². The second kappa shape index (κ2) is 5.69. The number of rotatable bonds is 3. The highest BCUT2D eigenvalue weighted by molar-refractivity contribution is 5.79. The van der Waals surface area contributed by atoms with E-state index in [2.05, 4.69) is 15.7 Å². The Morgan fingerprint density at radius 1 is 1.50 bits per heavy atom. The summed E-state index contributed by atoms with van der Waals surface area (Å²) in [5, 5.41) is 2.52. The van der Waals surface area contributed by atoms with Crippen LogP contribution in [0.4, 0.5) is 13.2 Å². The maximum atomic E-state index is 11.9. The number of hydrogen-bond acceptors (Lipinski definition) is 2. The molecule has 7 heteroatoms. The molecular formula is C7H15F3N4. The van der Waals surface area contributed by atoms with Crippen molar-refractivity contribution in [1.82, 2.24) is 10.7 Å². The topological polar surface area (TPSA) is 62.4 Å². The molecule has 14 heavy (non-hydrogen) atoms. The first-order chi connectivity index (χ1) is 6.39. The normalized spacial score (nSPS) is 15.1. The number of nitrogens with one attached hydrogen (secondary N) is 2. The van der Waals surface area contributed by atoms with Gasteiger partial charge in [0.2, 0.25) is 5.96 Å². The van der Waals surface area contributed by atoms with Crippen LogP contribution in [0, 0.1) is 0 Å². The Bertz CT molecular complexity index is 190. The minimum Gasteiger partial charge on any atom is -0.353 e. The van der Waals surface area contributed by atoms with Crippen LogP contribution >= 0.6 is 0 Å². The molecular weight excluding hydrogens is 197 g/mol. The number of hydrogen-bond donors (Lipinski definition) is 3. The van der Waals surface area contributed by atoms with Gasteiger partial charge in [0.25, 0.3) is 0 Å². The first-order valence-corrected chi connectivity index (χ1v) is 4.23. The van der Waals surface area contributed by atoms with Crippen molar-refractivity contribution >= 4 is 5.96 Å². The van der Waals surface area contributed by atoms with Gasteiger partial charge in [-0.3, -0.25) is 10.4 Å². The van der Waals surface area contributed by atoms with Crippen molar-refractivity contribution in [3.63, 3.8) is 0 Å². The van der Waals surface area contributed by atoms with Gasteiger partial charge in [-0.25, -0.2) is 5.84 Å². The zero-order chi connectivity index (χ0) is 11.2. The highest BCUT2D eigenvalue weighted by Crippen LogP contribution is 2.21. The number of hydrazine groups is 1. The molecule has 0 radical (unpaired) electrons. The van der Waals surface area contributed by atoms with Crippen LogP contribution < -0.4 is 16.6 Å². The highest BCUT2D eigenvalue weighted by Gasteiger charge is 2.30. The maximum Gasteiger partial charge on any atom is 0.391 e. The average molecular weight is 212 g/mol. The van der Waals surface area contributed by atoms with Crippen molar-refractivity contribution in [3.05, 3.63) is 0 Å². The second-order valence-corrected chi connectivity index (χ2v) is 2.83. The number of guanidine groups is 1. The Labute approximate surface area is 80.7 Å². The lowest BCUT2D eigenvalue weighted by Crippen LogP contribution is -2.46. The largest absolute Gasteiger partial charge is 0.391 e. The van der Waals surface area contributed by atoms with E-state index in [1.54, 1.807) is 6.92 Å². The maximum absolute atomic E-state index is 11.9. The van der Waals surface area contributed by atoms with E-state index in [0.29, 0.717) is 6.54 Å². The molecule has 0 aliphatic rings. The van der Waals surface area contributed by atoms with Crippen LogP contribution in [-0.4, -0.2) is 24.7 Å². The lowest BCUT2D eigenvalue weighted by molar-refractivity contribution is -0.138. The van der Waals surface area contributed by atoms with Gasteiger partial charge < -0.3 is 5.32 Å². The summed E-state index contributed by atoms with van der Waals surface area (Å²) in [6.45, 7) is 3.62. The first-order valence-electron chi connectivity index (χ1n) is 4.23. The molecule has 0 amide bonds. The van der Waals surface area contributed by atoms with Crippen molar-refractivity contribution < 1.29 is 13.2 Å². The van der Waals surface area contributed by atoms with Gasteiger partial charge in [-0.05, 0) is 13.8 Å². The lowest BCUT2D eigenvalue weighted by atomic mass is 10.2. The summed E-state index contributed by atoms with van der Waals surface area (Å²) >= 11 is 0. The molecule has 0 fully saturated rings. The summed E-state index contributed by atoms with van der Waals surface area (Å²) in [5.41, 5.74) is 2.19. The summed E-state index contributed by atoms with van der Waals surface area (Å²) in [5.74, 6) is 5.22. The molecule has 0 aliphatic carbocycles. The molecule has 0 heterocycles. The third kappa shape index (κ3) is 6.53. The Morgan fingerprint density at radius 2 is 2.07 bits per heavy atom. The van der Waals surface area contributed by atoms with Gasteiger partial charge >= 0.3 is 6.18 Å². The average Bonchev–Trinajstić information content (AvgIpc) is 2.00. The van der Waals surface area contributed by atoms with Crippen molar-refractivity contribution in [1.29, 1.82) is 0 Å². The first kappa shape index (κ1) is 13.0. The zero-order valence-corrected chi connectivity index (χ0v) is 8.15. The third-order valence-corrected chi connectivity index (χ3v) is 1.37. The van der Waals surface area contributed by atoms with Gasteiger partial charge in [0, 0.05) is 12.6 Å². The van der Waals surface area contributed by atoms with Crippen molar-refractivity contribution in [2.75, 3.05) is 6.54 Å². The number of halogens is 3. The molecule has 1 unspecified atom stereocenters. The van der Waals surface area contributed by atoms with Gasteiger partial charge in [0.05, 0.1) is 6.42 Å². The molecule has 0 saturated carbocycles. The van der Waals surface area contributed by atoms with E-state index < -0.39 is 18.6 Å². The fourth-order valence-corrected chi connectivity index (χ4v) is 0.923. The standard InChI is InChI=1S/C7H15F3N4/c1-3-12-6(14-11)13-5(2)4-7(8,9)10/h5H,3-4,11H2,1-2H3,(H2,12,13,14). The van der Waals surface area contributed by atoms with Crippen molar-refractivity contribution in [2.24, 2.45) is 10.8 Å². The number of nitrogens with zero attached hydrogens (tertiary/aromatic N) is 1. The Morgan fingerprint density at radius 3 is 2.43 bits per heavy atom. The summed E-state index contributed by atoms with van der Waals surface area (Å²) < 4.78 is 35.7. The second-order valence-electron chi connectivity index (χ2n) is 2.83. The number of nitrogens with two attached hydrogens (primary N) is 1. The van der Waals surface area contributed by atoms with Gasteiger partial charge in [-0.15, -0.1) is 0 Å². The summed E-state index contributed by atoms with van der Waals surface area (Å²) in [6, 6.07) is -0.753. The lowest BCUT2D eigenvalue weighted by Gasteiger charge is -2.17. The Balaban J connectivity index is 4.03. The molecule has 0 spiro atoms. The molecule has 0 bridgehead atoms. The molecule has 0 aromatic carbocycles. The fourth-order valence-electron chi connectivity index (χ4n) is 0.923. The minimum absolute atomic E-state index is 0.171. The summed E-state index contributed by atoms with van der Waals surface area (Å²) in [7, 11) is 0. The predicted octanol–water partition coefficient (Wildman–Crippen LogP) is 0.756. The SMILES string of the molecule is CCN=C(NN)NC(C)CC(F)(F)F. The molecule has 0 aromatic rings. The molecule has 0 aliphatic heterocycles. The zero-order valence-electron chi connectivity index (χ0n) is 8.15. The van der Waals surface area contributed by atoms with Crippen LogP contribution in [0.3, 0.4) is 0 Å². The van der Waals surface area contributed by atoms with Gasteiger partial charge in [-0.1, -0.05) is 0 Å². The number of alkyl halides is 3. The van der Waals surface area contributed by atoms with E-state index in [9.17, 15) is 13.2 Å². The van der Waals surface area contributed by atoms with Crippen LogP contribution in [0.2, 0.25) is 0 Å². The van der Waals surface area contributed by atoms with Crippen molar-refractivity contribution in [2.45, 2.75) is 32.5 Å². The quantitative estimate of drug-likeness (QED) is 0.280. The fraction of sp³-hybridized carbons (Fsp3) is 0.857. The van der Waals surface area contributed by atoms with E-state index in [-0.39, 0.29) is 5.96 Å². The Hall–Kier alpha value is -0.980. The van der Waals surface area contributed by atoms with Crippen LogP contribution in [0.25, 0.3) is 0 Å². The number of aliphatic imine (C=N–C) groups is 1. The van der Waals surface area contributed by atoms with E-state index in [1.165, 1.54) is 6.92 Å². The predicted molar refractivity (Wildman–Crippen MR) is 48.6 cm³/mol. The molecule has 0 rings (SSSR count). The van der Waals surface area contributed by atoms with Gasteiger partial charge in [0.1, 0.15) is 0 Å². The molecule has 84 valence electrons. The van der Waals surface area contributed by atoms with Crippen LogP contribution in [0.15, 0.2) is 4.99 Å². The smallest absolute Gasteiger partial charge is 0.353 e. The summed E-state index contributed by atoms with van der Waals surface area (Å²) in [6.07, 6.45) is -5.10. The molecule has 1 atom stereocenters. The van der Waals surface area contributed by atoms with Gasteiger partial charge in [-0.2, -0.15) is 13.2 Å².